The summed E-state index contributed by atoms with van der Waals surface area (Å²) in [6, 6.07) is 22.5. The third kappa shape index (κ3) is 5.31. The molecule has 0 radical (unpaired) electrons. The molecular formula is C25H19N3O5. The van der Waals surface area contributed by atoms with Crippen molar-refractivity contribution >= 4 is 29.2 Å². The first-order chi connectivity index (χ1) is 16.0. The fourth-order valence-electron chi connectivity index (χ4n) is 3.25. The Morgan fingerprint density at radius 2 is 1.79 bits per heavy atom. The number of anilines is 1. The molecule has 0 spiro atoms. The normalized spacial score (nSPS) is 10.9. The molecule has 33 heavy (non-hydrogen) atoms. The number of phenols is 1. The first kappa shape index (κ1) is 21.5. The molecule has 8 heteroatoms. The van der Waals surface area contributed by atoms with Crippen LogP contribution in [0.25, 0.3) is 0 Å². The minimum Gasteiger partial charge on any atom is -0.502 e. The highest BCUT2D eigenvalue weighted by Crippen LogP contribution is 2.31. The number of phenolic OH excluding ortho intramolecular Hbond substituents is 1. The molecule has 2 N–H and O–H groups in total. The quantitative estimate of drug-likeness (QED) is 0.223. The molecule has 0 bridgehead atoms. The van der Waals surface area contributed by atoms with E-state index in [1.54, 1.807) is 42.5 Å². The molecule has 4 aromatic rings. The fraction of sp³-hybridized carbons (Fsp3) is 0.0400. The lowest BCUT2D eigenvalue weighted by Gasteiger charge is -2.07. The summed E-state index contributed by atoms with van der Waals surface area (Å²) in [5, 5.41) is 24.5. The highest BCUT2D eigenvalue weighted by atomic mass is 16.6. The van der Waals surface area contributed by atoms with Crippen LogP contribution < -0.4 is 5.32 Å². The summed E-state index contributed by atoms with van der Waals surface area (Å²) in [5.41, 5.74) is 2.64. The molecule has 0 aliphatic carbocycles. The Morgan fingerprint density at radius 3 is 2.45 bits per heavy atom. The first-order valence-corrected chi connectivity index (χ1v) is 10.0. The number of carbonyl (C=O) groups is 1. The second-order valence-corrected chi connectivity index (χ2v) is 7.21. The van der Waals surface area contributed by atoms with Crippen LogP contribution in [-0.2, 0) is 6.42 Å². The zero-order valence-electron chi connectivity index (χ0n) is 17.3. The van der Waals surface area contributed by atoms with Crippen molar-refractivity contribution in [1.82, 2.24) is 0 Å². The Labute approximate surface area is 189 Å². The number of aliphatic imine (C=N–C) groups is 1. The number of nitrogens with one attached hydrogen (secondary N) is 1. The minimum absolute atomic E-state index is 0.199. The van der Waals surface area contributed by atoms with E-state index in [2.05, 4.69) is 10.3 Å². The van der Waals surface area contributed by atoms with E-state index in [1.165, 1.54) is 18.5 Å². The smallest absolute Gasteiger partial charge is 0.311 e. The van der Waals surface area contributed by atoms with E-state index < -0.39 is 10.7 Å². The van der Waals surface area contributed by atoms with Crippen molar-refractivity contribution in [3.63, 3.8) is 0 Å². The van der Waals surface area contributed by atoms with Crippen LogP contribution in [0.2, 0.25) is 0 Å². The number of hydrogen-bond acceptors (Lipinski definition) is 6. The molecule has 0 saturated carbocycles. The van der Waals surface area contributed by atoms with Gasteiger partial charge in [0.05, 0.1) is 16.9 Å². The van der Waals surface area contributed by atoms with Gasteiger partial charge in [0.1, 0.15) is 0 Å². The monoisotopic (exact) mass is 441 g/mol. The van der Waals surface area contributed by atoms with Crippen molar-refractivity contribution in [1.29, 1.82) is 0 Å². The first-order valence-electron chi connectivity index (χ1n) is 10.0. The summed E-state index contributed by atoms with van der Waals surface area (Å²) in [6.45, 7) is 0. The van der Waals surface area contributed by atoms with Crippen LogP contribution in [0.3, 0.4) is 0 Å². The average Bonchev–Trinajstić information content (AvgIpc) is 3.36. The van der Waals surface area contributed by atoms with Gasteiger partial charge in [0, 0.05) is 23.5 Å². The topological polar surface area (TPSA) is 118 Å². The summed E-state index contributed by atoms with van der Waals surface area (Å²) in [7, 11) is 0. The van der Waals surface area contributed by atoms with Crippen LogP contribution >= 0.6 is 0 Å². The lowest BCUT2D eigenvalue weighted by Crippen LogP contribution is -2.10. The van der Waals surface area contributed by atoms with Gasteiger partial charge < -0.3 is 14.8 Å². The number of furan rings is 1. The van der Waals surface area contributed by atoms with Gasteiger partial charge in [-0.1, -0.05) is 30.3 Å². The molecule has 4 rings (SSSR count). The molecule has 1 amide bonds. The maximum Gasteiger partial charge on any atom is 0.311 e. The molecule has 0 saturated heterocycles. The number of benzene rings is 3. The molecular weight excluding hydrogens is 422 g/mol. The zero-order valence-corrected chi connectivity index (χ0v) is 17.3. The molecule has 0 unspecified atom stereocenters. The number of hydrogen-bond donors (Lipinski definition) is 2. The van der Waals surface area contributed by atoms with Crippen LogP contribution in [0.4, 0.5) is 17.1 Å². The van der Waals surface area contributed by atoms with Crippen LogP contribution in [0.5, 0.6) is 5.75 Å². The summed E-state index contributed by atoms with van der Waals surface area (Å²) in [4.78, 5) is 27.2. The van der Waals surface area contributed by atoms with E-state index in [9.17, 15) is 20.0 Å². The fourth-order valence-corrected chi connectivity index (χ4v) is 3.25. The Morgan fingerprint density at radius 1 is 1.03 bits per heavy atom. The molecule has 0 aliphatic rings. The molecule has 1 heterocycles. The molecule has 164 valence electrons. The van der Waals surface area contributed by atoms with E-state index in [4.69, 9.17) is 4.42 Å². The Hall–Kier alpha value is -4.72. The van der Waals surface area contributed by atoms with Gasteiger partial charge in [-0.3, -0.25) is 19.9 Å². The number of amides is 1. The maximum atomic E-state index is 12.0. The SMILES string of the molecule is O=C(Nc1ccc(N=Cc2cc(Cc3ccccc3)cc([N+](=O)[O-])c2O)cc1)c1ccco1. The van der Waals surface area contributed by atoms with Crippen molar-refractivity contribution < 1.29 is 19.2 Å². The predicted octanol–water partition coefficient (Wildman–Crippen LogP) is 5.49. The Balaban J connectivity index is 1.54. The highest BCUT2D eigenvalue weighted by molar-refractivity contribution is 6.02. The summed E-state index contributed by atoms with van der Waals surface area (Å²) >= 11 is 0. The van der Waals surface area contributed by atoms with Gasteiger partial charge in [-0.2, -0.15) is 0 Å². The maximum absolute atomic E-state index is 12.0. The molecule has 0 fully saturated rings. The van der Waals surface area contributed by atoms with E-state index in [-0.39, 0.29) is 22.9 Å². The van der Waals surface area contributed by atoms with Gasteiger partial charge in [-0.15, -0.1) is 0 Å². The largest absolute Gasteiger partial charge is 0.502 e. The standard InChI is InChI=1S/C25H19N3O5/c29-24-19(14-18(15-22(24)28(31)32)13-17-5-2-1-3-6-17)16-26-20-8-10-21(11-9-20)27-25(30)23-7-4-12-33-23/h1-12,14-16,29H,13H2,(H,27,30). The van der Waals surface area contributed by atoms with Crippen molar-refractivity contribution in [3.8, 4) is 5.75 Å². The van der Waals surface area contributed by atoms with E-state index in [0.29, 0.717) is 23.4 Å². The van der Waals surface area contributed by atoms with E-state index in [1.807, 2.05) is 30.3 Å². The third-order valence-corrected chi connectivity index (χ3v) is 4.85. The van der Waals surface area contributed by atoms with E-state index in [0.717, 1.165) is 5.56 Å². The Bertz CT molecular complexity index is 1300. The van der Waals surface area contributed by atoms with Gasteiger partial charge in [-0.25, -0.2) is 0 Å². The number of nitro benzene ring substituents is 1. The number of nitro groups is 1. The van der Waals surface area contributed by atoms with Crippen LogP contribution in [0, 0.1) is 10.1 Å². The molecule has 0 atom stereocenters. The number of nitrogens with zero attached hydrogens (tertiary/aromatic N) is 2. The lowest BCUT2D eigenvalue weighted by atomic mass is 10.0. The van der Waals surface area contributed by atoms with Crippen molar-refractivity contribution in [2.45, 2.75) is 6.42 Å². The lowest BCUT2D eigenvalue weighted by molar-refractivity contribution is -0.385. The number of carbonyl (C=O) groups excluding carboxylic acids is 1. The van der Waals surface area contributed by atoms with Crippen LogP contribution in [0.1, 0.15) is 27.2 Å². The molecule has 0 aliphatic heterocycles. The summed E-state index contributed by atoms with van der Waals surface area (Å²) < 4.78 is 5.06. The average molecular weight is 441 g/mol. The van der Waals surface area contributed by atoms with Gasteiger partial charge in [-0.05, 0) is 60.0 Å². The van der Waals surface area contributed by atoms with Crippen molar-refractivity contribution in [2.24, 2.45) is 4.99 Å². The van der Waals surface area contributed by atoms with Crippen molar-refractivity contribution in [3.05, 3.63) is 118 Å². The van der Waals surface area contributed by atoms with Gasteiger partial charge >= 0.3 is 5.69 Å². The second kappa shape index (κ2) is 9.61. The Kier molecular flexibility index (Phi) is 6.26. The minimum atomic E-state index is -0.613. The number of aromatic hydroxyl groups is 1. The third-order valence-electron chi connectivity index (χ3n) is 4.85. The summed E-state index contributed by atoms with van der Waals surface area (Å²) in [6.07, 6.45) is 3.28. The molecule has 3 aromatic carbocycles. The number of rotatable bonds is 7. The summed E-state index contributed by atoms with van der Waals surface area (Å²) in [5.74, 6) is -0.615. The molecule has 1 aromatic heterocycles. The van der Waals surface area contributed by atoms with Crippen LogP contribution in [0.15, 0.2) is 94.5 Å². The molecule has 8 nitrogen and oxygen atoms in total. The predicted molar refractivity (Wildman–Crippen MR) is 124 cm³/mol. The zero-order chi connectivity index (χ0) is 23.2. The van der Waals surface area contributed by atoms with Gasteiger partial charge in [0.2, 0.25) is 5.75 Å². The van der Waals surface area contributed by atoms with Crippen molar-refractivity contribution in [2.75, 3.05) is 5.32 Å². The second-order valence-electron chi connectivity index (χ2n) is 7.21. The van der Waals surface area contributed by atoms with Gasteiger partial charge in [0.15, 0.2) is 5.76 Å². The van der Waals surface area contributed by atoms with Crippen LogP contribution in [-0.4, -0.2) is 22.2 Å². The van der Waals surface area contributed by atoms with E-state index >= 15 is 0 Å². The van der Waals surface area contributed by atoms with Gasteiger partial charge in [0.25, 0.3) is 5.91 Å². The highest BCUT2D eigenvalue weighted by Gasteiger charge is 2.18.